The van der Waals surface area contributed by atoms with Gasteiger partial charge >= 0.3 is 5.97 Å². The molecule has 0 aliphatic heterocycles. The lowest BCUT2D eigenvalue weighted by molar-refractivity contribution is 0.0485. The largest absolute Gasteiger partial charge is 0.493 e. The maximum absolute atomic E-state index is 12.4. The highest BCUT2D eigenvalue weighted by atomic mass is 16.5. The number of hydrogen-bond donors (Lipinski definition) is 0. The summed E-state index contributed by atoms with van der Waals surface area (Å²) in [5.41, 5.74) is 4.29. The molecule has 0 bridgehead atoms. The Labute approximate surface area is 228 Å². The van der Waals surface area contributed by atoms with Crippen LogP contribution in [0.5, 0.6) is 17.4 Å². The highest BCUT2D eigenvalue weighted by molar-refractivity contribution is 6.06. The maximum atomic E-state index is 12.4. The summed E-state index contributed by atoms with van der Waals surface area (Å²) in [6.45, 7) is 4.68. The molecule has 6 heteroatoms. The van der Waals surface area contributed by atoms with Crippen molar-refractivity contribution in [3.63, 3.8) is 0 Å². The van der Waals surface area contributed by atoms with Crippen LogP contribution in [-0.2, 0) is 11.2 Å². The van der Waals surface area contributed by atoms with Gasteiger partial charge in [-0.2, -0.15) is 0 Å². The summed E-state index contributed by atoms with van der Waals surface area (Å²) in [5.74, 6) is 1.09. The molecule has 0 amide bonds. The van der Waals surface area contributed by atoms with E-state index in [0.29, 0.717) is 41.5 Å². The van der Waals surface area contributed by atoms with Crippen LogP contribution in [0.25, 0.3) is 6.08 Å². The molecule has 0 saturated carbocycles. The van der Waals surface area contributed by atoms with E-state index >= 15 is 0 Å². The van der Waals surface area contributed by atoms with Crippen LogP contribution >= 0.6 is 0 Å². The van der Waals surface area contributed by atoms with Crippen LogP contribution in [0.4, 0.5) is 0 Å². The van der Waals surface area contributed by atoms with Crippen molar-refractivity contribution in [3.8, 4) is 17.4 Å². The number of carbonyl (C=O) groups is 2. The molecule has 0 fully saturated rings. The third kappa shape index (κ3) is 8.40. The first kappa shape index (κ1) is 27.3. The van der Waals surface area contributed by atoms with Crippen molar-refractivity contribution in [3.05, 3.63) is 125 Å². The molecule has 0 radical (unpaired) electrons. The first-order valence-electron chi connectivity index (χ1n) is 12.9. The lowest BCUT2D eigenvalue weighted by Crippen LogP contribution is -2.09. The molecular weight excluding hydrogens is 490 g/mol. The summed E-state index contributed by atoms with van der Waals surface area (Å²) in [5, 5.41) is 0. The van der Waals surface area contributed by atoms with E-state index in [9.17, 15) is 9.59 Å². The number of allylic oxidation sites excluding steroid dienone is 1. The number of nitrogens with zero attached hydrogens (tertiary/aromatic N) is 1. The predicted molar refractivity (Wildman–Crippen MR) is 152 cm³/mol. The summed E-state index contributed by atoms with van der Waals surface area (Å²) in [6.07, 6.45) is 6.36. The molecule has 3 aromatic carbocycles. The van der Waals surface area contributed by atoms with E-state index in [2.05, 4.69) is 11.9 Å². The molecular formula is C33H31NO5. The Bertz CT molecular complexity index is 1430. The normalized spacial score (nSPS) is 10.8. The zero-order chi connectivity index (χ0) is 27.5. The molecule has 0 saturated heterocycles. The minimum absolute atomic E-state index is 0.0750. The molecule has 0 spiro atoms. The Morgan fingerprint density at radius 2 is 1.62 bits per heavy atom. The molecule has 0 unspecified atom stereocenters. The zero-order valence-electron chi connectivity index (χ0n) is 22.1. The van der Waals surface area contributed by atoms with Crippen molar-refractivity contribution in [2.24, 2.45) is 0 Å². The van der Waals surface area contributed by atoms with Crippen LogP contribution in [0.3, 0.4) is 0 Å². The smallest absolute Gasteiger partial charge is 0.338 e. The summed E-state index contributed by atoms with van der Waals surface area (Å²) in [7, 11) is 0. The number of ether oxygens (including phenoxy) is 3. The number of benzene rings is 3. The van der Waals surface area contributed by atoms with Gasteiger partial charge in [0.1, 0.15) is 11.5 Å². The second kappa shape index (κ2) is 13.7. The molecule has 6 nitrogen and oxygen atoms in total. The van der Waals surface area contributed by atoms with Crippen LogP contribution < -0.4 is 9.47 Å². The minimum atomic E-state index is -0.454. The molecule has 0 aliphatic carbocycles. The van der Waals surface area contributed by atoms with E-state index in [4.69, 9.17) is 14.2 Å². The topological polar surface area (TPSA) is 74.7 Å². The number of rotatable bonds is 12. The quantitative estimate of drug-likeness (QED) is 0.0845. The lowest BCUT2D eigenvalue weighted by atomic mass is 10.1. The van der Waals surface area contributed by atoms with Gasteiger partial charge in [0.05, 0.1) is 18.8 Å². The van der Waals surface area contributed by atoms with E-state index in [0.717, 1.165) is 17.5 Å². The van der Waals surface area contributed by atoms with Crippen LogP contribution in [0.15, 0.2) is 97.2 Å². The molecule has 0 aliphatic rings. The number of hydrogen-bond acceptors (Lipinski definition) is 6. The standard InChI is InChI=1S/C33H31NO5/c1-3-25-8-13-30(14-9-25)39-32-23-28(18-19-34-32)33(36)38-21-5-20-37-29-15-11-27(12-16-29)31(35)17-10-26-7-4-6-24(2)22-26/h4,6-19,22-23H,3,5,20-21H2,1-2H3/b17-10+. The average molecular weight is 522 g/mol. The highest BCUT2D eigenvalue weighted by Crippen LogP contribution is 2.21. The lowest BCUT2D eigenvalue weighted by Gasteiger charge is -2.09. The van der Waals surface area contributed by atoms with Crippen LogP contribution in [0.2, 0.25) is 0 Å². The van der Waals surface area contributed by atoms with Gasteiger partial charge in [0.25, 0.3) is 0 Å². The van der Waals surface area contributed by atoms with Crippen LogP contribution in [0.1, 0.15) is 50.8 Å². The molecule has 198 valence electrons. The minimum Gasteiger partial charge on any atom is -0.493 e. The van der Waals surface area contributed by atoms with Crippen molar-refractivity contribution in [1.29, 1.82) is 0 Å². The predicted octanol–water partition coefficient (Wildman–Crippen LogP) is 7.27. The van der Waals surface area contributed by atoms with E-state index in [1.54, 1.807) is 42.5 Å². The van der Waals surface area contributed by atoms with Crippen LogP contribution in [-0.4, -0.2) is 30.0 Å². The van der Waals surface area contributed by atoms with Crippen molar-refractivity contribution in [1.82, 2.24) is 4.98 Å². The molecule has 4 rings (SSSR count). The van der Waals surface area contributed by atoms with E-state index in [1.165, 1.54) is 11.8 Å². The SMILES string of the molecule is CCc1ccc(Oc2cc(C(=O)OCCCOc3ccc(C(=O)/C=C/c4cccc(C)c4)cc3)ccn2)cc1. The number of aromatic nitrogens is 1. The Balaban J connectivity index is 1.18. The van der Waals surface area contributed by atoms with Crippen molar-refractivity contribution in [2.45, 2.75) is 26.7 Å². The Kier molecular flexibility index (Phi) is 9.62. The average Bonchev–Trinajstić information content (AvgIpc) is 2.96. The monoisotopic (exact) mass is 521 g/mol. The van der Waals surface area contributed by atoms with Crippen molar-refractivity contribution in [2.75, 3.05) is 13.2 Å². The fourth-order valence-corrected chi connectivity index (χ4v) is 3.76. The van der Waals surface area contributed by atoms with Gasteiger partial charge in [0.15, 0.2) is 5.78 Å². The molecule has 4 aromatic rings. The molecule has 39 heavy (non-hydrogen) atoms. The summed E-state index contributed by atoms with van der Waals surface area (Å²) >= 11 is 0. The molecule has 1 heterocycles. The van der Waals surface area contributed by atoms with E-state index in [1.807, 2.05) is 61.5 Å². The third-order valence-electron chi connectivity index (χ3n) is 5.92. The Morgan fingerprint density at radius 3 is 2.36 bits per heavy atom. The van der Waals surface area contributed by atoms with Gasteiger partial charge in [-0.05, 0) is 73.0 Å². The molecule has 1 aromatic heterocycles. The van der Waals surface area contributed by atoms with Gasteiger partial charge in [-0.25, -0.2) is 9.78 Å². The van der Waals surface area contributed by atoms with Gasteiger partial charge in [-0.3, -0.25) is 4.79 Å². The van der Waals surface area contributed by atoms with Crippen molar-refractivity contribution >= 4 is 17.8 Å². The van der Waals surface area contributed by atoms with Crippen LogP contribution in [0, 0.1) is 6.92 Å². The molecule has 0 N–H and O–H groups in total. The first-order valence-corrected chi connectivity index (χ1v) is 12.9. The number of ketones is 1. The Hall–Kier alpha value is -4.71. The summed E-state index contributed by atoms with van der Waals surface area (Å²) in [4.78, 5) is 29.1. The maximum Gasteiger partial charge on any atom is 0.338 e. The Morgan fingerprint density at radius 1 is 0.846 bits per heavy atom. The highest BCUT2D eigenvalue weighted by Gasteiger charge is 2.10. The van der Waals surface area contributed by atoms with Gasteiger partial charge in [0, 0.05) is 24.2 Å². The number of carbonyl (C=O) groups excluding carboxylic acids is 2. The van der Waals surface area contributed by atoms with Gasteiger partial charge < -0.3 is 14.2 Å². The zero-order valence-corrected chi connectivity index (χ0v) is 22.1. The second-order valence-electron chi connectivity index (χ2n) is 8.96. The fourth-order valence-electron chi connectivity index (χ4n) is 3.76. The van der Waals surface area contributed by atoms with Crippen molar-refractivity contribution < 1.29 is 23.8 Å². The number of pyridine rings is 1. The van der Waals surface area contributed by atoms with E-state index in [-0.39, 0.29) is 12.4 Å². The van der Waals surface area contributed by atoms with E-state index < -0.39 is 5.97 Å². The third-order valence-corrected chi connectivity index (χ3v) is 5.92. The fraction of sp³-hybridized carbons (Fsp3) is 0.182. The first-order chi connectivity index (χ1) is 19.0. The van der Waals surface area contributed by atoms with Gasteiger partial charge in [-0.1, -0.05) is 55.0 Å². The van der Waals surface area contributed by atoms with Gasteiger partial charge in [0.2, 0.25) is 5.88 Å². The number of esters is 1. The second-order valence-corrected chi connectivity index (χ2v) is 8.96. The summed E-state index contributed by atoms with van der Waals surface area (Å²) < 4.78 is 16.8. The molecule has 0 atom stereocenters. The summed E-state index contributed by atoms with van der Waals surface area (Å²) in [6, 6.07) is 25.8. The van der Waals surface area contributed by atoms with Gasteiger partial charge in [-0.15, -0.1) is 0 Å². The number of aryl methyl sites for hydroxylation is 2.